The Bertz CT molecular complexity index is 1480. The summed E-state index contributed by atoms with van der Waals surface area (Å²) in [7, 11) is 3.40. The van der Waals surface area contributed by atoms with Gasteiger partial charge >= 0.3 is 0 Å². The van der Waals surface area contributed by atoms with Crippen molar-refractivity contribution >= 4 is 28.3 Å². The number of halogens is 3. The normalized spacial score (nSPS) is 16.4. The smallest absolute Gasteiger partial charge is 0.263 e. The highest BCUT2D eigenvalue weighted by Gasteiger charge is 2.26. The fraction of sp³-hybridized carbons (Fsp3) is 0.304. The lowest BCUT2D eigenvalue weighted by Crippen LogP contribution is -2.39. The van der Waals surface area contributed by atoms with Crippen LogP contribution in [0.15, 0.2) is 35.4 Å². The molecule has 1 fully saturated rings. The molecule has 1 aliphatic heterocycles. The second-order valence-electron chi connectivity index (χ2n) is 8.25. The Labute approximate surface area is 198 Å². The summed E-state index contributed by atoms with van der Waals surface area (Å²) >= 11 is 5.76. The van der Waals surface area contributed by atoms with Gasteiger partial charge < -0.3 is 9.64 Å². The Morgan fingerprint density at radius 2 is 1.94 bits per heavy atom. The third kappa shape index (κ3) is 3.82. The van der Waals surface area contributed by atoms with Crippen molar-refractivity contribution in [2.24, 2.45) is 14.1 Å². The molecular weight excluding hydrogens is 466 g/mol. The largest absolute Gasteiger partial charge is 0.370 e. The van der Waals surface area contributed by atoms with Crippen LogP contribution < -0.4 is 10.5 Å². The fourth-order valence-corrected chi connectivity index (χ4v) is 4.26. The first kappa shape index (κ1) is 22.4. The molecule has 11 heteroatoms. The molecule has 3 aromatic heterocycles. The van der Waals surface area contributed by atoms with Crippen LogP contribution in [0, 0.1) is 18.6 Å². The standard InChI is InChI=1S/C23H21ClF2N6O2/c1-12-28-18-8-20(32-4-5-34-19(11-32)13-9-27-30(2)10-13)29-22(21(18)23(33)31(12)3)14-6-17(26)15(24)7-16(14)25/h6-10,19H,4-5,11H2,1-3H3. The van der Waals surface area contributed by atoms with Crippen molar-refractivity contribution < 1.29 is 13.5 Å². The summed E-state index contributed by atoms with van der Waals surface area (Å²) in [6.45, 7) is 3.12. The van der Waals surface area contributed by atoms with Gasteiger partial charge in [-0.25, -0.2) is 18.7 Å². The molecule has 1 aliphatic rings. The monoisotopic (exact) mass is 486 g/mol. The third-order valence-corrected chi connectivity index (χ3v) is 6.31. The van der Waals surface area contributed by atoms with Gasteiger partial charge in [0.05, 0.1) is 34.4 Å². The van der Waals surface area contributed by atoms with Crippen LogP contribution in [0.4, 0.5) is 14.6 Å². The molecular formula is C23H21ClF2N6O2. The van der Waals surface area contributed by atoms with E-state index in [0.29, 0.717) is 36.9 Å². The highest BCUT2D eigenvalue weighted by atomic mass is 35.5. The number of morpholine rings is 1. The number of benzene rings is 1. The number of aromatic nitrogens is 5. The number of ether oxygens (including phenoxy) is 1. The van der Waals surface area contributed by atoms with Gasteiger partial charge in [-0.05, 0) is 19.1 Å². The molecule has 34 heavy (non-hydrogen) atoms. The second-order valence-corrected chi connectivity index (χ2v) is 8.65. The van der Waals surface area contributed by atoms with Crippen molar-refractivity contribution in [1.29, 1.82) is 0 Å². The van der Waals surface area contributed by atoms with E-state index >= 15 is 0 Å². The maximum Gasteiger partial charge on any atom is 0.263 e. The maximum atomic E-state index is 15.0. The van der Waals surface area contributed by atoms with Gasteiger partial charge in [-0.1, -0.05) is 11.6 Å². The quantitative estimate of drug-likeness (QED) is 0.412. The van der Waals surface area contributed by atoms with Crippen LogP contribution in [0.1, 0.15) is 17.5 Å². The topological polar surface area (TPSA) is 78.1 Å². The molecule has 1 atom stereocenters. The van der Waals surface area contributed by atoms with Crippen LogP contribution in [0.2, 0.25) is 5.02 Å². The predicted octanol–water partition coefficient (Wildman–Crippen LogP) is 3.55. The van der Waals surface area contributed by atoms with E-state index in [2.05, 4.69) is 15.1 Å². The van der Waals surface area contributed by atoms with Crippen LogP contribution in [0.3, 0.4) is 0 Å². The Balaban J connectivity index is 1.69. The number of hydrogen-bond donors (Lipinski definition) is 0. The number of pyridine rings is 1. The van der Waals surface area contributed by atoms with E-state index < -0.39 is 17.2 Å². The lowest BCUT2D eigenvalue weighted by molar-refractivity contribution is 0.0395. The van der Waals surface area contributed by atoms with Crippen LogP contribution in [-0.4, -0.2) is 44.0 Å². The average molecular weight is 487 g/mol. The zero-order valence-electron chi connectivity index (χ0n) is 18.7. The fourth-order valence-electron chi connectivity index (χ4n) is 4.11. The van der Waals surface area contributed by atoms with Crippen molar-refractivity contribution in [3.63, 3.8) is 0 Å². The van der Waals surface area contributed by atoms with Gasteiger partial charge in [-0.15, -0.1) is 0 Å². The molecule has 0 spiro atoms. The van der Waals surface area contributed by atoms with E-state index in [1.165, 1.54) is 4.57 Å². The van der Waals surface area contributed by atoms with Gasteiger partial charge in [0.15, 0.2) is 0 Å². The molecule has 1 unspecified atom stereocenters. The summed E-state index contributed by atoms with van der Waals surface area (Å²) in [5.74, 6) is -0.623. The van der Waals surface area contributed by atoms with Gasteiger partial charge in [0.2, 0.25) is 0 Å². The van der Waals surface area contributed by atoms with Gasteiger partial charge in [0.25, 0.3) is 5.56 Å². The Hall–Kier alpha value is -3.37. The van der Waals surface area contributed by atoms with E-state index in [1.54, 1.807) is 30.9 Å². The van der Waals surface area contributed by atoms with Gasteiger partial charge in [-0.2, -0.15) is 5.10 Å². The van der Waals surface area contributed by atoms with Crippen molar-refractivity contribution in [1.82, 2.24) is 24.3 Å². The molecule has 0 N–H and O–H groups in total. The lowest BCUT2D eigenvalue weighted by Gasteiger charge is -2.33. The summed E-state index contributed by atoms with van der Waals surface area (Å²) in [4.78, 5) is 24.3. The highest BCUT2D eigenvalue weighted by Crippen LogP contribution is 2.33. The van der Waals surface area contributed by atoms with E-state index in [0.717, 1.165) is 17.7 Å². The highest BCUT2D eigenvalue weighted by molar-refractivity contribution is 6.30. The number of hydrogen-bond acceptors (Lipinski definition) is 6. The van der Waals surface area contributed by atoms with Gasteiger partial charge in [-0.3, -0.25) is 14.0 Å². The Kier molecular flexibility index (Phi) is 5.57. The van der Waals surface area contributed by atoms with Crippen molar-refractivity contribution in [2.45, 2.75) is 13.0 Å². The molecule has 4 aromatic rings. The minimum atomic E-state index is -0.807. The molecule has 0 amide bonds. The Morgan fingerprint density at radius 1 is 1.15 bits per heavy atom. The third-order valence-electron chi connectivity index (χ3n) is 6.02. The molecule has 4 heterocycles. The van der Waals surface area contributed by atoms with Crippen LogP contribution >= 0.6 is 11.6 Å². The van der Waals surface area contributed by atoms with E-state index in [9.17, 15) is 13.6 Å². The van der Waals surface area contributed by atoms with Crippen LogP contribution in [-0.2, 0) is 18.8 Å². The second kappa shape index (κ2) is 8.44. The number of anilines is 1. The number of aryl methyl sites for hydroxylation is 2. The molecule has 5 rings (SSSR count). The van der Waals surface area contributed by atoms with Gasteiger partial charge in [0.1, 0.15) is 29.4 Å². The van der Waals surface area contributed by atoms with Crippen molar-refractivity contribution in [3.05, 3.63) is 69.0 Å². The SMILES string of the molecule is Cc1nc2cc(N3CCOC(c4cnn(C)c4)C3)nc(-c3cc(F)c(Cl)cc3F)c2c(=O)n1C. The van der Waals surface area contributed by atoms with Crippen LogP contribution in [0.25, 0.3) is 22.2 Å². The van der Waals surface area contributed by atoms with Crippen molar-refractivity contribution in [2.75, 3.05) is 24.6 Å². The summed E-state index contributed by atoms with van der Waals surface area (Å²) in [6.07, 6.45) is 3.38. The molecule has 1 saturated heterocycles. The summed E-state index contributed by atoms with van der Waals surface area (Å²) in [6, 6.07) is 3.54. The predicted molar refractivity (Wildman–Crippen MR) is 124 cm³/mol. The molecule has 1 aromatic carbocycles. The molecule has 0 saturated carbocycles. The molecule has 0 aliphatic carbocycles. The number of nitrogens with zero attached hydrogens (tertiary/aromatic N) is 6. The Morgan fingerprint density at radius 3 is 2.68 bits per heavy atom. The zero-order valence-corrected chi connectivity index (χ0v) is 19.5. The summed E-state index contributed by atoms with van der Waals surface area (Å²) in [5, 5.41) is 3.96. The molecule has 0 bridgehead atoms. The van der Waals surface area contributed by atoms with E-state index in [4.69, 9.17) is 16.3 Å². The first-order valence-electron chi connectivity index (χ1n) is 10.6. The first-order chi connectivity index (χ1) is 16.2. The van der Waals surface area contributed by atoms with E-state index in [1.807, 2.05) is 18.1 Å². The van der Waals surface area contributed by atoms with Crippen LogP contribution in [0.5, 0.6) is 0 Å². The summed E-state index contributed by atoms with van der Waals surface area (Å²) < 4.78 is 38.2. The lowest BCUT2D eigenvalue weighted by atomic mass is 10.1. The summed E-state index contributed by atoms with van der Waals surface area (Å²) in [5.41, 5.74) is 0.717. The van der Waals surface area contributed by atoms with Crippen molar-refractivity contribution in [3.8, 4) is 11.3 Å². The average Bonchev–Trinajstić information content (AvgIpc) is 3.25. The van der Waals surface area contributed by atoms with E-state index in [-0.39, 0.29) is 27.8 Å². The molecule has 8 nitrogen and oxygen atoms in total. The molecule has 0 radical (unpaired) electrons. The molecule has 176 valence electrons. The minimum Gasteiger partial charge on any atom is -0.370 e. The first-order valence-corrected chi connectivity index (χ1v) is 11.0. The van der Waals surface area contributed by atoms with Gasteiger partial charge in [0, 0.05) is 50.6 Å². The maximum absolute atomic E-state index is 15.0. The number of rotatable bonds is 3. The zero-order chi connectivity index (χ0) is 24.1. The number of fused-ring (bicyclic) bond motifs is 1. The minimum absolute atomic E-state index is 0.0121.